The SMILES string of the molecule is C1COC1.CC1c2nc3c(Cc4ccc(Cl)cc4F)cccc3n2CCN1Cc1nc2ccc(C(=O)O)c(F)c2n1C. The first-order valence-electron chi connectivity index (χ1n) is 13.8. The summed E-state index contributed by atoms with van der Waals surface area (Å²) in [6.45, 7) is 5.94. The summed E-state index contributed by atoms with van der Waals surface area (Å²) in [6, 6.07) is 13.4. The molecule has 0 saturated carbocycles. The normalized spacial score (nSPS) is 16.6. The van der Waals surface area contributed by atoms with E-state index in [-0.39, 0.29) is 22.9 Å². The summed E-state index contributed by atoms with van der Waals surface area (Å²) in [6.07, 6.45) is 1.68. The number of fused-ring (bicyclic) bond motifs is 4. The Balaban J connectivity index is 0.000000729. The van der Waals surface area contributed by atoms with Crippen LogP contribution in [0.2, 0.25) is 5.02 Å². The Hall–Kier alpha value is -3.86. The number of benzene rings is 3. The Labute approximate surface area is 246 Å². The Kier molecular flexibility index (Phi) is 7.69. The molecule has 7 rings (SSSR count). The molecule has 4 heterocycles. The molecule has 8 nitrogen and oxygen atoms in total. The van der Waals surface area contributed by atoms with Gasteiger partial charge in [-0.25, -0.2) is 23.5 Å². The minimum absolute atomic E-state index is 0.0597. The van der Waals surface area contributed by atoms with Crippen molar-refractivity contribution in [2.24, 2.45) is 7.05 Å². The van der Waals surface area contributed by atoms with Crippen LogP contribution in [0.25, 0.3) is 22.1 Å². The van der Waals surface area contributed by atoms with E-state index in [1.165, 1.54) is 24.6 Å². The number of halogens is 3. The maximum atomic E-state index is 14.9. The van der Waals surface area contributed by atoms with Crippen molar-refractivity contribution in [1.82, 2.24) is 24.0 Å². The number of carboxylic acids is 1. The number of ether oxygens (including phenoxy) is 1. The summed E-state index contributed by atoms with van der Waals surface area (Å²) in [5.41, 5.74) is 3.56. The number of carboxylic acid groups (broad SMARTS) is 1. The average Bonchev–Trinajstić information content (AvgIpc) is 3.45. The summed E-state index contributed by atoms with van der Waals surface area (Å²) in [5.74, 6) is -0.902. The number of nitrogens with zero attached hydrogens (tertiary/aromatic N) is 5. The predicted octanol–water partition coefficient (Wildman–Crippen LogP) is 6.13. The van der Waals surface area contributed by atoms with Gasteiger partial charge in [0.2, 0.25) is 0 Å². The van der Waals surface area contributed by atoms with Crippen LogP contribution in [0.1, 0.15) is 52.5 Å². The van der Waals surface area contributed by atoms with Gasteiger partial charge in [0.1, 0.15) is 23.0 Å². The Morgan fingerprint density at radius 3 is 2.55 bits per heavy atom. The van der Waals surface area contributed by atoms with Crippen molar-refractivity contribution in [3.8, 4) is 0 Å². The van der Waals surface area contributed by atoms with Crippen LogP contribution < -0.4 is 0 Å². The molecule has 1 N–H and O–H groups in total. The van der Waals surface area contributed by atoms with Crippen LogP contribution in [-0.4, -0.2) is 54.8 Å². The van der Waals surface area contributed by atoms with Gasteiger partial charge >= 0.3 is 5.97 Å². The molecule has 0 spiro atoms. The highest BCUT2D eigenvalue weighted by Crippen LogP contribution is 2.33. The van der Waals surface area contributed by atoms with E-state index in [0.29, 0.717) is 41.4 Å². The maximum Gasteiger partial charge on any atom is 0.338 e. The van der Waals surface area contributed by atoms with Crippen LogP contribution >= 0.6 is 11.6 Å². The second-order valence-corrected chi connectivity index (χ2v) is 11.1. The molecule has 11 heteroatoms. The van der Waals surface area contributed by atoms with Crippen LogP contribution in [0, 0.1) is 11.6 Å². The summed E-state index contributed by atoms with van der Waals surface area (Å²) in [4.78, 5) is 23.2. The van der Waals surface area contributed by atoms with Gasteiger partial charge in [0.15, 0.2) is 5.82 Å². The van der Waals surface area contributed by atoms with E-state index in [0.717, 1.165) is 42.2 Å². The zero-order chi connectivity index (χ0) is 29.5. The lowest BCUT2D eigenvalue weighted by Crippen LogP contribution is -2.37. The van der Waals surface area contributed by atoms with Crippen molar-refractivity contribution in [1.29, 1.82) is 0 Å². The van der Waals surface area contributed by atoms with Crippen LogP contribution in [0.5, 0.6) is 0 Å². The van der Waals surface area contributed by atoms with Gasteiger partial charge in [-0.15, -0.1) is 0 Å². The number of aromatic carboxylic acids is 1. The lowest BCUT2D eigenvalue weighted by molar-refractivity contribution is 0.0367. The summed E-state index contributed by atoms with van der Waals surface area (Å²) in [5, 5.41) is 9.65. The molecule has 3 aromatic carbocycles. The molecule has 1 unspecified atom stereocenters. The van der Waals surface area contributed by atoms with Crippen molar-refractivity contribution < 1.29 is 23.4 Å². The highest BCUT2D eigenvalue weighted by Gasteiger charge is 2.29. The number of carbonyl (C=O) groups is 1. The van der Waals surface area contributed by atoms with E-state index in [2.05, 4.69) is 21.4 Å². The van der Waals surface area contributed by atoms with Crippen LogP contribution in [0.4, 0.5) is 8.78 Å². The molecule has 1 fully saturated rings. The van der Waals surface area contributed by atoms with E-state index >= 15 is 0 Å². The van der Waals surface area contributed by atoms with E-state index in [1.807, 2.05) is 18.2 Å². The second-order valence-electron chi connectivity index (χ2n) is 10.6. The molecule has 0 radical (unpaired) electrons. The largest absolute Gasteiger partial charge is 0.478 e. The molecule has 0 aliphatic carbocycles. The van der Waals surface area contributed by atoms with Crippen molar-refractivity contribution in [3.63, 3.8) is 0 Å². The Morgan fingerprint density at radius 1 is 1.10 bits per heavy atom. The van der Waals surface area contributed by atoms with Crippen molar-refractivity contribution in [2.45, 2.75) is 38.9 Å². The van der Waals surface area contributed by atoms with Crippen molar-refractivity contribution in [2.75, 3.05) is 19.8 Å². The molecule has 218 valence electrons. The monoisotopic (exact) mass is 593 g/mol. The van der Waals surface area contributed by atoms with Crippen LogP contribution in [-0.2, 0) is 31.3 Å². The zero-order valence-electron chi connectivity index (χ0n) is 23.3. The smallest absolute Gasteiger partial charge is 0.338 e. The number of para-hydroxylation sites is 1. The summed E-state index contributed by atoms with van der Waals surface area (Å²) in [7, 11) is 1.70. The molecule has 2 aliphatic rings. The first kappa shape index (κ1) is 28.3. The van der Waals surface area contributed by atoms with E-state index in [9.17, 15) is 18.7 Å². The fourth-order valence-electron chi connectivity index (χ4n) is 5.53. The maximum absolute atomic E-state index is 14.9. The fraction of sp³-hybridized carbons (Fsp3) is 0.323. The van der Waals surface area contributed by atoms with Gasteiger partial charge in [0.25, 0.3) is 0 Å². The summed E-state index contributed by atoms with van der Waals surface area (Å²) < 4.78 is 38.0. The first-order valence-corrected chi connectivity index (χ1v) is 14.2. The third kappa shape index (κ3) is 5.14. The number of imidazole rings is 2. The third-order valence-corrected chi connectivity index (χ3v) is 8.27. The van der Waals surface area contributed by atoms with Gasteiger partial charge < -0.3 is 19.0 Å². The molecular formula is C31H30ClF2N5O3. The minimum atomic E-state index is -1.31. The zero-order valence-corrected chi connectivity index (χ0v) is 24.0. The first-order chi connectivity index (χ1) is 20.2. The van der Waals surface area contributed by atoms with E-state index < -0.39 is 11.8 Å². The molecule has 0 amide bonds. The molecule has 1 atom stereocenters. The average molecular weight is 594 g/mol. The molecule has 42 heavy (non-hydrogen) atoms. The topological polar surface area (TPSA) is 85.4 Å². The minimum Gasteiger partial charge on any atom is -0.478 e. The number of hydrogen-bond donors (Lipinski definition) is 1. The second kappa shape index (κ2) is 11.4. The lowest BCUT2D eigenvalue weighted by Gasteiger charge is -2.33. The molecule has 0 bridgehead atoms. The highest BCUT2D eigenvalue weighted by molar-refractivity contribution is 6.30. The molecule has 5 aromatic rings. The third-order valence-electron chi connectivity index (χ3n) is 8.04. The predicted molar refractivity (Wildman–Crippen MR) is 156 cm³/mol. The van der Waals surface area contributed by atoms with E-state index in [1.54, 1.807) is 23.7 Å². The van der Waals surface area contributed by atoms with Gasteiger partial charge in [-0.05, 0) is 54.8 Å². The number of hydrogen-bond acceptors (Lipinski definition) is 5. The number of aryl methyl sites for hydroxylation is 1. The van der Waals surface area contributed by atoms with Gasteiger partial charge in [0, 0.05) is 44.8 Å². The van der Waals surface area contributed by atoms with Gasteiger partial charge in [0.05, 0.1) is 34.7 Å². The Morgan fingerprint density at radius 2 is 1.86 bits per heavy atom. The quantitative estimate of drug-likeness (QED) is 0.264. The lowest BCUT2D eigenvalue weighted by atomic mass is 10.0. The Bertz CT molecular complexity index is 1810. The standard InChI is InChI=1S/C28H24ClF2N5O2.C3H6O/c1-15-27-33-25-17(12-16-6-7-18(29)13-20(16)30)4-3-5-22(25)36(27)11-10-35(15)14-23-32-21-9-8-19(28(37)38)24(31)26(21)34(23)2;1-2-4-3-1/h3-9,13,15H,10-12,14H2,1-2H3,(H,37,38);1-3H2. The van der Waals surface area contributed by atoms with Crippen molar-refractivity contribution >= 4 is 39.6 Å². The summed E-state index contributed by atoms with van der Waals surface area (Å²) >= 11 is 5.92. The number of rotatable bonds is 5. The molecule has 2 aliphatic heterocycles. The van der Waals surface area contributed by atoms with Crippen LogP contribution in [0.3, 0.4) is 0 Å². The van der Waals surface area contributed by atoms with Crippen molar-refractivity contribution in [3.05, 3.63) is 93.5 Å². The van der Waals surface area contributed by atoms with Gasteiger partial charge in [-0.3, -0.25) is 4.90 Å². The van der Waals surface area contributed by atoms with Gasteiger partial charge in [-0.1, -0.05) is 29.8 Å². The fourth-order valence-corrected chi connectivity index (χ4v) is 5.69. The molecular weight excluding hydrogens is 564 g/mol. The molecule has 1 saturated heterocycles. The van der Waals surface area contributed by atoms with Gasteiger partial charge in [-0.2, -0.15) is 0 Å². The molecule has 2 aromatic heterocycles. The number of aromatic nitrogens is 4. The highest BCUT2D eigenvalue weighted by atomic mass is 35.5. The van der Waals surface area contributed by atoms with E-state index in [4.69, 9.17) is 21.3 Å². The van der Waals surface area contributed by atoms with Crippen LogP contribution in [0.15, 0.2) is 48.5 Å².